The predicted molar refractivity (Wildman–Crippen MR) is 135 cm³/mol. The van der Waals surface area contributed by atoms with E-state index in [1.54, 1.807) is 0 Å². The summed E-state index contributed by atoms with van der Waals surface area (Å²) in [6, 6.07) is 1.24. The Morgan fingerprint density at radius 1 is 1.03 bits per heavy atom. The molecular formula is C23H40N2O8Si2. The summed E-state index contributed by atoms with van der Waals surface area (Å²) in [7, 11) is -3.59. The summed E-state index contributed by atoms with van der Waals surface area (Å²) in [6.45, 7) is 20.9. The second-order valence-electron chi connectivity index (χ2n) is 12.4. The minimum atomic E-state index is -2.46. The summed E-state index contributed by atoms with van der Waals surface area (Å²) in [4.78, 5) is 39.5. The number of H-pyrrole nitrogens is 1. The van der Waals surface area contributed by atoms with Crippen molar-refractivity contribution in [3.63, 3.8) is 0 Å². The lowest BCUT2D eigenvalue weighted by Gasteiger charge is -2.41. The maximum absolute atomic E-state index is 12.8. The van der Waals surface area contributed by atoms with Crippen LogP contribution in [0, 0.1) is 0 Å². The topological polar surface area (TPSA) is 121 Å². The van der Waals surface area contributed by atoms with Crippen LogP contribution in [0.2, 0.25) is 36.3 Å². The van der Waals surface area contributed by atoms with E-state index in [1.165, 1.54) is 23.9 Å². The number of methoxy groups -OCH3 is 1. The van der Waals surface area contributed by atoms with E-state index in [9.17, 15) is 14.4 Å². The molecule has 2 saturated heterocycles. The summed E-state index contributed by atoms with van der Waals surface area (Å²) in [5.41, 5.74) is -2.46. The van der Waals surface area contributed by atoms with Crippen molar-refractivity contribution in [1.29, 1.82) is 0 Å². The molecule has 0 bridgehead atoms. The Kier molecular flexibility index (Phi) is 7.02. The second-order valence-corrected chi connectivity index (χ2v) is 21.9. The molecule has 1 aromatic heterocycles. The number of nitrogens with zero attached hydrogens (tertiary/aromatic N) is 1. The number of aromatic amines is 1. The zero-order valence-corrected chi connectivity index (χ0v) is 24.7. The largest absolute Gasteiger partial charge is 0.467 e. The molecule has 0 aliphatic carbocycles. The lowest BCUT2D eigenvalue weighted by Crippen LogP contribution is -2.54. The Morgan fingerprint density at radius 3 is 2.06 bits per heavy atom. The van der Waals surface area contributed by atoms with Crippen molar-refractivity contribution in [3.05, 3.63) is 33.1 Å². The molecule has 2 aliphatic rings. The van der Waals surface area contributed by atoms with Gasteiger partial charge in [0.2, 0.25) is 0 Å². The van der Waals surface area contributed by atoms with E-state index in [-0.39, 0.29) is 10.1 Å². The molecule has 0 amide bonds. The van der Waals surface area contributed by atoms with Gasteiger partial charge in [0.15, 0.2) is 40.9 Å². The van der Waals surface area contributed by atoms with Crippen molar-refractivity contribution >= 4 is 22.6 Å². The lowest BCUT2D eigenvalue weighted by molar-refractivity contribution is -0.142. The average molecular weight is 529 g/mol. The van der Waals surface area contributed by atoms with E-state index in [0.29, 0.717) is 0 Å². The highest BCUT2D eigenvalue weighted by Crippen LogP contribution is 2.58. The van der Waals surface area contributed by atoms with Crippen LogP contribution in [0.1, 0.15) is 47.8 Å². The number of hydrogen-bond donors (Lipinski definition) is 1. The van der Waals surface area contributed by atoms with Crippen molar-refractivity contribution in [2.24, 2.45) is 0 Å². The Bertz CT molecular complexity index is 1080. The van der Waals surface area contributed by atoms with Crippen molar-refractivity contribution in [2.45, 2.75) is 108 Å². The molecule has 1 spiro atoms. The molecule has 198 valence electrons. The predicted octanol–water partition coefficient (Wildman–Crippen LogP) is 3.11. The molecule has 1 aromatic rings. The summed E-state index contributed by atoms with van der Waals surface area (Å²) in [5.74, 6) is -0.560. The van der Waals surface area contributed by atoms with Crippen LogP contribution in [0.3, 0.4) is 0 Å². The molecular weight excluding hydrogens is 488 g/mol. The van der Waals surface area contributed by atoms with Gasteiger partial charge in [-0.15, -0.1) is 0 Å². The molecule has 1 N–H and O–H groups in total. The van der Waals surface area contributed by atoms with Gasteiger partial charge in [-0.1, -0.05) is 41.5 Å². The number of nitrogens with one attached hydrogen (secondary N) is 1. The van der Waals surface area contributed by atoms with Crippen LogP contribution in [0.4, 0.5) is 0 Å². The molecule has 10 nitrogen and oxygen atoms in total. The first kappa shape index (κ1) is 28.0. The van der Waals surface area contributed by atoms with Crippen molar-refractivity contribution < 1.29 is 27.9 Å². The maximum atomic E-state index is 12.8. The number of ether oxygens (including phenoxy) is 3. The van der Waals surface area contributed by atoms with E-state index in [1.807, 2.05) is 0 Å². The quantitative estimate of drug-likeness (QED) is 0.340. The van der Waals surface area contributed by atoms with Crippen LogP contribution in [-0.4, -0.2) is 63.4 Å². The smallest absolute Gasteiger partial charge is 0.338 e. The fourth-order valence-corrected chi connectivity index (χ4v) is 6.03. The third kappa shape index (κ3) is 4.88. The zero-order chi connectivity index (χ0) is 26.8. The average Bonchev–Trinajstić information content (AvgIpc) is 3.38. The van der Waals surface area contributed by atoms with Crippen molar-refractivity contribution in [3.8, 4) is 0 Å². The number of epoxide rings is 1. The van der Waals surface area contributed by atoms with Gasteiger partial charge in [0.1, 0.15) is 6.10 Å². The normalized spacial score (nSPS) is 29.5. The third-order valence-electron chi connectivity index (χ3n) is 7.99. The summed E-state index contributed by atoms with van der Waals surface area (Å²) < 4.78 is 32.2. The van der Waals surface area contributed by atoms with E-state index >= 15 is 0 Å². The van der Waals surface area contributed by atoms with Crippen LogP contribution < -0.4 is 11.2 Å². The molecule has 0 radical (unpaired) electrons. The number of carbonyl (C=O) groups is 1. The standard InChI is InChI=1S/C23H40N2O8Si2/c1-21(2,3)34(8,9)32-15-17(25-13-12-14(26)24-20(25)28)30-19(33-35(10,11)22(4,5)6)23(15)16(31-23)18(27)29-7/h12-13,15-17,19H,1-11H3,(H,24,26,28)/t15-,16-,17+,19+,23-/m0/s1. The zero-order valence-electron chi connectivity index (χ0n) is 22.7. The molecule has 3 rings (SSSR count). The Hall–Kier alpha value is -1.58. The van der Waals surface area contributed by atoms with Gasteiger partial charge in [0, 0.05) is 12.3 Å². The van der Waals surface area contributed by atoms with Gasteiger partial charge in [-0.3, -0.25) is 14.3 Å². The highest BCUT2D eigenvalue weighted by molar-refractivity contribution is 6.74. The van der Waals surface area contributed by atoms with E-state index < -0.39 is 64.2 Å². The highest BCUT2D eigenvalue weighted by atomic mass is 28.4. The minimum Gasteiger partial charge on any atom is -0.467 e. The summed E-state index contributed by atoms with van der Waals surface area (Å²) >= 11 is 0. The SMILES string of the molecule is COC(=O)[C@@H]1O[C@]12[C@@H](O[Si](C)(C)C(C)(C)C)O[C@@H](n1ccc(=O)[nH]c1=O)[C@@H]2O[Si](C)(C)C(C)(C)C. The fourth-order valence-electron chi connectivity index (χ4n) is 3.61. The summed E-state index contributed by atoms with van der Waals surface area (Å²) in [5, 5.41) is -0.335. The maximum Gasteiger partial charge on any atom is 0.338 e. The van der Waals surface area contributed by atoms with E-state index in [0.717, 1.165) is 0 Å². The molecule has 2 fully saturated rings. The molecule has 3 heterocycles. The molecule has 35 heavy (non-hydrogen) atoms. The summed E-state index contributed by atoms with van der Waals surface area (Å²) in [6.07, 6.45) is -2.43. The van der Waals surface area contributed by atoms with Crippen LogP contribution in [0.5, 0.6) is 0 Å². The van der Waals surface area contributed by atoms with Gasteiger partial charge < -0.3 is 23.1 Å². The monoisotopic (exact) mass is 528 g/mol. The fraction of sp³-hybridized carbons (Fsp3) is 0.783. The number of rotatable bonds is 6. The first-order valence-corrected chi connectivity index (χ1v) is 17.7. The van der Waals surface area contributed by atoms with E-state index in [2.05, 4.69) is 72.7 Å². The lowest BCUT2D eigenvalue weighted by atomic mass is 9.99. The molecule has 0 aromatic carbocycles. The van der Waals surface area contributed by atoms with Gasteiger partial charge in [-0.2, -0.15) is 0 Å². The van der Waals surface area contributed by atoms with Gasteiger partial charge in [-0.05, 0) is 36.3 Å². The Labute approximate surface area is 208 Å². The minimum absolute atomic E-state index is 0.157. The van der Waals surface area contributed by atoms with Crippen molar-refractivity contribution in [2.75, 3.05) is 7.11 Å². The number of carbonyl (C=O) groups excluding carboxylic acids is 1. The molecule has 2 aliphatic heterocycles. The van der Waals surface area contributed by atoms with Crippen molar-refractivity contribution in [1.82, 2.24) is 9.55 Å². The van der Waals surface area contributed by atoms with Gasteiger partial charge in [-0.25, -0.2) is 9.59 Å². The molecule has 12 heteroatoms. The van der Waals surface area contributed by atoms with Gasteiger partial charge in [0.05, 0.1) is 7.11 Å². The van der Waals surface area contributed by atoms with Crippen LogP contribution in [-0.2, 0) is 27.9 Å². The second kappa shape index (κ2) is 8.77. The highest BCUT2D eigenvalue weighted by Gasteiger charge is 2.79. The Morgan fingerprint density at radius 2 is 1.57 bits per heavy atom. The first-order valence-electron chi connectivity index (χ1n) is 11.9. The van der Waals surface area contributed by atoms with Crippen LogP contribution in [0.15, 0.2) is 21.9 Å². The first-order chi connectivity index (χ1) is 15.8. The molecule has 0 saturated carbocycles. The Balaban J connectivity index is 2.17. The van der Waals surface area contributed by atoms with E-state index in [4.69, 9.17) is 23.1 Å². The number of esters is 1. The van der Waals surface area contributed by atoms with Crippen LogP contribution >= 0.6 is 0 Å². The molecule has 0 unspecified atom stereocenters. The van der Waals surface area contributed by atoms with Gasteiger partial charge in [0.25, 0.3) is 5.56 Å². The number of aromatic nitrogens is 2. The van der Waals surface area contributed by atoms with Gasteiger partial charge >= 0.3 is 11.7 Å². The van der Waals surface area contributed by atoms with Crippen LogP contribution in [0.25, 0.3) is 0 Å². The number of hydrogen-bond acceptors (Lipinski definition) is 8. The third-order valence-corrected chi connectivity index (χ3v) is 16.9. The molecule has 5 atom stereocenters.